The summed E-state index contributed by atoms with van der Waals surface area (Å²) in [6.07, 6.45) is 4.58. The molecule has 15 heteroatoms. The van der Waals surface area contributed by atoms with Crippen LogP contribution in [0.1, 0.15) is 92.7 Å². The minimum Gasteiger partial charge on any atom is -0.490 e. The van der Waals surface area contributed by atoms with Crippen LogP contribution in [0.3, 0.4) is 0 Å². The summed E-state index contributed by atoms with van der Waals surface area (Å²) in [4.78, 5) is 41.5. The zero-order chi connectivity index (χ0) is 39.0. The largest absolute Gasteiger partial charge is 0.490 e. The smallest absolute Gasteiger partial charge is 0.434 e. The normalized spacial score (nSPS) is 27.8. The maximum absolute atomic E-state index is 14.8. The summed E-state index contributed by atoms with van der Waals surface area (Å²) in [6, 6.07) is 9.14. The molecular formula is C41H43F5N6O4. The van der Waals surface area contributed by atoms with Crippen LogP contribution in [0.2, 0.25) is 0 Å². The van der Waals surface area contributed by atoms with Crippen molar-refractivity contribution in [1.82, 2.24) is 24.8 Å². The van der Waals surface area contributed by atoms with Gasteiger partial charge in [-0.25, -0.2) is 28.5 Å². The van der Waals surface area contributed by atoms with Gasteiger partial charge in [0.15, 0.2) is 5.69 Å². The van der Waals surface area contributed by atoms with Crippen molar-refractivity contribution in [1.29, 1.82) is 0 Å². The SMILES string of the molecule is O=C(NC1(C(=O)O)C2CC3CC(C2)CC1C3)c1ccc(-c2cn(C3CCC(F)(F)CC3)c3cc(OC4CCN(c5ncccn5)CC4)ccc23)nc1C(F)(F)F. The van der Waals surface area contributed by atoms with Crippen molar-refractivity contribution >= 4 is 28.7 Å². The van der Waals surface area contributed by atoms with Gasteiger partial charge in [-0.2, -0.15) is 13.2 Å². The lowest BCUT2D eigenvalue weighted by Gasteiger charge is -2.59. The fourth-order valence-electron chi connectivity index (χ4n) is 10.7. The Bertz CT molecular complexity index is 2110. The highest BCUT2D eigenvalue weighted by Crippen LogP contribution is 2.58. The van der Waals surface area contributed by atoms with Crippen molar-refractivity contribution in [3.05, 3.63) is 66.2 Å². The molecule has 0 radical (unpaired) electrons. The molecule has 1 aliphatic heterocycles. The Balaban J connectivity index is 1.03. The number of piperidine rings is 1. The molecular weight excluding hydrogens is 735 g/mol. The number of fused-ring (bicyclic) bond motifs is 1. The maximum atomic E-state index is 14.8. The van der Waals surface area contributed by atoms with E-state index in [1.165, 1.54) is 6.07 Å². The third-order valence-electron chi connectivity index (χ3n) is 13.3. The number of pyridine rings is 1. The zero-order valence-corrected chi connectivity index (χ0v) is 30.7. The average Bonchev–Trinajstić information content (AvgIpc) is 3.54. The van der Waals surface area contributed by atoms with Crippen molar-refractivity contribution in [2.75, 3.05) is 18.0 Å². The highest BCUT2D eigenvalue weighted by Gasteiger charge is 2.62. The van der Waals surface area contributed by atoms with Crippen LogP contribution in [0.25, 0.3) is 22.2 Å². The molecule has 3 aromatic heterocycles. The molecule has 4 bridgehead atoms. The number of alkyl halides is 5. The standard InChI is InChI=1S/C41H43F5N6O4/c42-39(43)10-6-27(7-11-39)52-22-32(30-3-2-29(21-34(30)52)56-28-8-14-51(15-9-28)38-47-12-1-13-48-38)33-5-4-31(35(49-33)41(44,45)46)36(53)50-40(37(54)55)25-17-23-16-24(19-25)20-26(40)18-23/h1-5,12-13,21-28H,6-11,14-20H2,(H,50,53)(H,54,55). The summed E-state index contributed by atoms with van der Waals surface area (Å²) in [5, 5.41) is 13.7. The molecule has 0 unspecified atom stereocenters. The molecule has 2 N–H and O–H groups in total. The van der Waals surface area contributed by atoms with Crippen LogP contribution >= 0.6 is 0 Å². The van der Waals surface area contributed by atoms with Gasteiger partial charge in [-0.05, 0) is 98.9 Å². The van der Waals surface area contributed by atoms with Crippen molar-refractivity contribution in [2.45, 2.75) is 100 Å². The lowest BCUT2D eigenvalue weighted by atomic mass is 9.48. The van der Waals surface area contributed by atoms with Crippen LogP contribution in [-0.2, 0) is 11.0 Å². The van der Waals surface area contributed by atoms with E-state index in [2.05, 4.69) is 25.2 Å². The first-order valence-electron chi connectivity index (χ1n) is 19.6. The highest BCUT2D eigenvalue weighted by molar-refractivity contribution is 6.00. The number of halogens is 5. The number of carbonyl (C=O) groups is 2. The molecule has 1 aromatic carbocycles. The number of ether oxygens (including phenoxy) is 1. The average molecular weight is 779 g/mol. The second-order valence-corrected chi connectivity index (χ2v) is 16.6. The van der Waals surface area contributed by atoms with Crippen LogP contribution < -0.4 is 15.0 Å². The van der Waals surface area contributed by atoms with E-state index in [0.29, 0.717) is 91.6 Å². The predicted octanol–water partition coefficient (Wildman–Crippen LogP) is 8.32. The number of amides is 1. The van der Waals surface area contributed by atoms with Crippen LogP contribution in [0.5, 0.6) is 5.75 Å². The first-order chi connectivity index (χ1) is 26.8. The molecule has 10 nitrogen and oxygen atoms in total. The molecule has 1 amide bonds. The number of rotatable bonds is 8. The van der Waals surface area contributed by atoms with Crippen molar-refractivity contribution in [3.8, 4) is 17.0 Å². The highest BCUT2D eigenvalue weighted by atomic mass is 19.4. The van der Waals surface area contributed by atoms with Crippen LogP contribution in [0.15, 0.2) is 55.0 Å². The predicted molar refractivity (Wildman–Crippen MR) is 195 cm³/mol. The minimum atomic E-state index is -5.04. The van der Waals surface area contributed by atoms with Crippen molar-refractivity contribution in [3.63, 3.8) is 0 Å². The maximum Gasteiger partial charge on any atom is 0.434 e. The Kier molecular flexibility index (Phi) is 8.99. The van der Waals surface area contributed by atoms with Crippen LogP contribution in [0.4, 0.5) is 27.9 Å². The fraction of sp³-hybridized carbons (Fsp3) is 0.537. The van der Waals surface area contributed by atoms with Crippen LogP contribution in [0, 0.1) is 23.7 Å². The lowest BCUT2D eigenvalue weighted by Crippen LogP contribution is -2.70. The number of carbonyl (C=O) groups excluding carboxylic acids is 1. The molecule has 5 saturated carbocycles. The summed E-state index contributed by atoms with van der Waals surface area (Å²) >= 11 is 0. The van der Waals surface area contributed by atoms with Gasteiger partial charge in [0.05, 0.1) is 16.8 Å². The Hall–Kier alpha value is -4.82. The zero-order valence-electron chi connectivity index (χ0n) is 30.7. The number of aliphatic carboxylic acids is 1. The number of anilines is 1. The Morgan fingerprint density at radius 3 is 2.18 bits per heavy atom. The van der Waals surface area contributed by atoms with Crippen molar-refractivity contribution in [2.24, 2.45) is 23.7 Å². The van der Waals surface area contributed by atoms with Gasteiger partial charge in [0.1, 0.15) is 17.4 Å². The first-order valence-corrected chi connectivity index (χ1v) is 19.6. The van der Waals surface area contributed by atoms with E-state index in [1.807, 2.05) is 4.57 Å². The molecule has 6 aliphatic rings. The first kappa shape index (κ1) is 36.8. The Morgan fingerprint density at radius 2 is 1.55 bits per heavy atom. The van der Waals surface area contributed by atoms with Gasteiger partial charge >= 0.3 is 12.1 Å². The third-order valence-corrected chi connectivity index (χ3v) is 13.3. The van der Waals surface area contributed by atoms with Gasteiger partial charge in [0, 0.05) is 80.4 Å². The van der Waals surface area contributed by atoms with E-state index >= 15 is 0 Å². The number of benzene rings is 1. The summed E-state index contributed by atoms with van der Waals surface area (Å²) in [5.74, 6) is -3.86. The second-order valence-electron chi connectivity index (χ2n) is 16.6. The van der Waals surface area contributed by atoms with Gasteiger partial charge in [0.25, 0.3) is 5.91 Å². The molecule has 0 spiro atoms. The molecule has 5 aliphatic carbocycles. The van der Waals surface area contributed by atoms with E-state index < -0.39 is 40.8 Å². The van der Waals surface area contributed by atoms with Gasteiger partial charge in [-0.1, -0.05) is 0 Å². The van der Waals surface area contributed by atoms with Crippen LogP contribution in [-0.4, -0.2) is 67.2 Å². The molecule has 1 saturated heterocycles. The van der Waals surface area contributed by atoms with E-state index in [4.69, 9.17) is 4.74 Å². The second kappa shape index (κ2) is 13.7. The summed E-state index contributed by atoms with van der Waals surface area (Å²) in [5.41, 5.74) is -2.88. The Labute approximate surface area is 319 Å². The molecule has 296 valence electrons. The van der Waals surface area contributed by atoms with Gasteiger partial charge in [0.2, 0.25) is 11.9 Å². The van der Waals surface area contributed by atoms with Gasteiger partial charge in [-0.15, -0.1) is 0 Å². The van der Waals surface area contributed by atoms with Crippen molar-refractivity contribution < 1.29 is 41.4 Å². The lowest BCUT2D eigenvalue weighted by molar-refractivity contribution is -0.163. The number of aromatic nitrogens is 4. The fourth-order valence-corrected chi connectivity index (χ4v) is 10.7. The molecule has 10 rings (SSSR count). The number of nitrogens with one attached hydrogen (secondary N) is 1. The van der Waals surface area contributed by atoms with E-state index in [9.17, 15) is 36.6 Å². The molecule has 4 heterocycles. The number of hydrogen-bond acceptors (Lipinski definition) is 7. The number of carboxylic acid groups (broad SMARTS) is 1. The number of carboxylic acids is 1. The molecule has 6 fully saturated rings. The molecule has 4 aromatic rings. The van der Waals surface area contributed by atoms with E-state index in [0.717, 1.165) is 12.5 Å². The summed E-state index contributed by atoms with van der Waals surface area (Å²) in [6.45, 7) is 1.38. The van der Waals surface area contributed by atoms with Gasteiger partial charge in [-0.3, -0.25) is 4.79 Å². The minimum absolute atomic E-state index is 0.0505. The van der Waals surface area contributed by atoms with Gasteiger partial charge < -0.3 is 24.6 Å². The molecule has 56 heavy (non-hydrogen) atoms. The number of nitrogens with zero attached hydrogens (tertiary/aromatic N) is 5. The summed E-state index contributed by atoms with van der Waals surface area (Å²) < 4.78 is 81.3. The quantitative estimate of drug-likeness (QED) is 0.171. The number of hydrogen-bond donors (Lipinski definition) is 2. The van der Waals surface area contributed by atoms with E-state index in [-0.39, 0.29) is 55.4 Å². The topological polar surface area (TPSA) is 122 Å². The third kappa shape index (κ3) is 6.53. The monoisotopic (exact) mass is 778 g/mol. The summed E-state index contributed by atoms with van der Waals surface area (Å²) in [7, 11) is 0. The Morgan fingerprint density at radius 1 is 0.893 bits per heavy atom. The molecule has 0 atom stereocenters. The van der Waals surface area contributed by atoms with E-state index in [1.54, 1.807) is 42.9 Å².